The average Bonchev–Trinajstić information content (AvgIpc) is 2.73. The first kappa shape index (κ1) is 19.5. The van der Waals surface area contributed by atoms with E-state index in [-0.39, 0.29) is 11.9 Å². The van der Waals surface area contributed by atoms with E-state index >= 15 is 0 Å². The van der Waals surface area contributed by atoms with Crippen molar-refractivity contribution in [3.63, 3.8) is 0 Å². The van der Waals surface area contributed by atoms with Crippen LogP contribution in [0, 0.1) is 5.82 Å². The van der Waals surface area contributed by atoms with Crippen molar-refractivity contribution < 1.29 is 13.9 Å². The highest BCUT2D eigenvalue weighted by Gasteiger charge is 2.17. The van der Waals surface area contributed by atoms with E-state index in [1.54, 1.807) is 18.5 Å². The maximum absolute atomic E-state index is 14.6. The average molecular weight is 382 g/mol. The lowest BCUT2D eigenvalue weighted by Gasteiger charge is -2.19. The van der Waals surface area contributed by atoms with Gasteiger partial charge in [0.2, 0.25) is 0 Å². The van der Waals surface area contributed by atoms with Crippen LogP contribution in [-0.4, -0.2) is 29.2 Å². The van der Waals surface area contributed by atoms with Gasteiger partial charge >= 0.3 is 0 Å². The van der Waals surface area contributed by atoms with Gasteiger partial charge in [-0.1, -0.05) is 6.92 Å². The Morgan fingerprint density at radius 1 is 1.04 bits per heavy atom. The molecule has 6 nitrogen and oxygen atoms in total. The van der Waals surface area contributed by atoms with Gasteiger partial charge in [0.1, 0.15) is 11.6 Å². The molecule has 1 unspecified atom stereocenters. The van der Waals surface area contributed by atoms with E-state index in [0.29, 0.717) is 28.7 Å². The predicted molar refractivity (Wildman–Crippen MR) is 106 cm³/mol. The van der Waals surface area contributed by atoms with Gasteiger partial charge in [-0.2, -0.15) is 0 Å². The molecule has 0 spiro atoms. The molecule has 0 aliphatic heterocycles. The van der Waals surface area contributed by atoms with Crippen LogP contribution in [0.2, 0.25) is 0 Å². The van der Waals surface area contributed by atoms with Crippen LogP contribution in [0.5, 0.6) is 11.5 Å². The summed E-state index contributed by atoms with van der Waals surface area (Å²) < 4.78 is 25.0. The topological polar surface area (TPSA) is 69.2 Å². The van der Waals surface area contributed by atoms with Gasteiger partial charge in [-0.15, -0.1) is 0 Å². The van der Waals surface area contributed by atoms with Crippen LogP contribution in [0.25, 0.3) is 11.4 Å². The van der Waals surface area contributed by atoms with Gasteiger partial charge in [0, 0.05) is 41.3 Å². The van der Waals surface area contributed by atoms with Gasteiger partial charge in [-0.05, 0) is 31.5 Å². The zero-order valence-corrected chi connectivity index (χ0v) is 16.4. The van der Waals surface area contributed by atoms with Crippen LogP contribution in [-0.2, 0) is 6.42 Å². The van der Waals surface area contributed by atoms with E-state index in [1.807, 2.05) is 32.0 Å². The first-order valence-electron chi connectivity index (χ1n) is 9.02. The quantitative estimate of drug-likeness (QED) is 0.652. The van der Waals surface area contributed by atoms with Crippen molar-refractivity contribution in [3.05, 3.63) is 59.8 Å². The van der Waals surface area contributed by atoms with E-state index in [9.17, 15) is 4.39 Å². The Labute approximate surface area is 163 Å². The molecule has 146 valence electrons. The molecule has 1 N–H and O–H groups in total. The SMILES string of the molecule is CCc1cc(NC(C)c2cc(OC)c(OC)cc2F)nc(-c2ccncc2)n1. The van der Waals surface area contributed by atoms with Crippen LogP contribution in [0.15, 0.2) is 42.7 Å². The Morgan fingerprint density at radius 3 is 2.36 bits per heavy atom. The number of rotatable bonds is 7. The number of anilines is 1. The molecular weight excluding hydrogens is 359 g/mol. The van der Waals surface area contributed by atoms with Gasteiger partial charge < -0.3 is 14.8 Å². The van der Waals surface area contributed by atoms with Gasteiger partial charge in [0.15, 0.2) is 17.3 Å². The van der Waals surface area contributed by atoms with Crippen molar-refractivity contribution in [2.75, 3.05) is 19.5 Å². The summed E-state index contributed by atoms with van der Waals surface area (Å²) in [4.78, 5) is 13.2. The highest BCUT2D eigenvalue weighted by molar-refractivity contribution is 5.57. The summed E-state index contributed by atoms with van der Waals surface area (Å²) in [6, 6.07) is 8.21. The third-order valence-electron chi connectivity index (χ3n) is 4.41. The second-order valence-electron chi connectivity index (χ2n) is 6.25. The number of benzene rings is 1. The summed E-state index contributed by atoms with van der Waals surface area (Å²) >= 11 is 0. The number of aryl methyl sites for hydroxylation is 1. The van der Waals surface area contributed by atoms with Crippen molar-refractivity contribution in [1.82, 2.24) is 15.0 Å². The first-order valence-corrected chi connectivity index (χ1v) is 9.02. The van der Waals surface area contributed by atoms with E-state index in [0.717, 1.165) is 17.7 Å². The maximum atomic E-state index is 14.6. The lowest BCUT2D eigenvalue weighted by Crippen LogP contribution is -2.12. The normalized spacial score (nSPS) is 11.8. The lowest BCUT2D eigenvalue weighted by molar-refractivity contribution is 0.351. The van der Waals surface area contributed by atoms with Crippen molar-refractivity contribution in [1.29, 1.82) is 0 Å². The number of hydrogen-bond donors (Lipinski definition) is 1. The molecule has 2 heterocycles. The van der Waals surface area contributed by atoms with Gasteiger partial charge in [-0.3, -0.25) is 4.98 Å². The van der Waals surface area contributed by atoms with E-state index in [2.05, 4.69) is 20.3 Å². The number of halogens is 1. The largest absolute Gasteiger partial charge is 0.493 e. The summed E-state index contributed by atoms with van der Waals surface area (Å²) in [6.45, 7) is 3.89. The summed E-state index contributed by atoms with van der Waals surface area (Å²) in [5.74, 6) is 1.68. The van der Waals surface area contributed by atoms with Crippen LogP contribution >= 0.6 is 0 Å². The third kappa shape index (κ3) is 4.19. The monoisotopic (exact) mass is 382 g/mol. The Bertz CT molecular complexity index is 951. The molecule has 2 aromatic heterocycles. The maximum Gasteiger partial charge on any atom is 0.163 e. The Kier molecular flexibility index (Phi) is 6.03. The lowest BCUT2D eigenvalue weighted by atomic mass is 10.1. The first-order chi connectivity index (χ1) is 13.5. The van der Waals surface area contributed by atoms with Crippen molar-refractivity contribution in [2.45, 2.75) is 26.3 Å². The number of ether oxygens (including phenoxy) is 2. The molecule has 28 heavy (non-hydrogen) atoms. The molecule has 0 fully saturated rings. The van der Waals surface area contributed by atoms with Crippen molar-refractivity contribution >= 4 is 5.82 Å². The minimum absolute atomic E-state index is 0.343. The highest BCUT2D eigenvalue weighted by Crippen LogP contribution is 2.33. The summed E-state index contributed by atoms with van der Waals surface area (Å²) in [5.41, 5.74) is 2.22. The van der Waals surface area contributed by atoms with E-state index in [1.165, 1.54) is 20.3 Å². The number of pyridine rings is 1. The Morgan fingerprint density at radius 2 is 1.71 bits per heavy atom. The van der Waals surface area contributed by atoms with Gasteiger partial charge in [0.25, 0.3) is 0 Å². The summed E-state index contributed by atoms with van der Waals surface area (Å²) in [6.07, 6.45) is 4.16. The third-order valence-corrected chi connectivity index (χ3v) is 4.41. The Hall–Kier alpha value is -3.22. The second kappa shape index (κ2) is 8.65. The fourth-order valence-electron chi connectivity index (χ4n) is 2.88. The molecule has 0 saturated carbocycles. The molecule has 3 rings (SSSR count). The number of methoxy groups -OCH3 is 2. The number of nitrogens with one attached hydrogen (secondary N) is 1. The molecule has 1 aromatic carbocycles. The van der Waals surface area contributed by atoms with Crippen LogP contribution in [0.1, 0.15) is 31.1 Å². The highest BCUT2D eigenvalue weighted by atomic mass is 19.1. The standard InChI is InChI=1S/C21H23FN4O2/c1-5-15-10-20(26-21(25-15)14-6-8-23-9-7-14)24-13(2)16-11-18(27-3)19(28-4)12-17(16)22/h6-13H,5H2,1-4H3,(H,24,25,26). The molecule has 0 amide bonds. The molecule has 0 saturated heterocycles. The molecular formula is C21H23FN4O2. The van der Waals surface area contributed by atoms with Gasteiger partial charge in [-0.25, -0.2) is 14.4 Å². The van der Waals surface area contributed by atoms with Crippen molar-refractivity contribution in [2.24, 2.45) is 0 Å². The minimum Gasteiger partial charge on any atom is -0.493 e. The predicted octanol–water partition coefficient (Wildman–Crippen LogP) is 4.43. The van der Waals surface area contributed by atoms with E-state index < -0.39 is 0 Å². The van der Waals surface area contributed by atoms with Crippen LogP contribution < -0.4 is 14.8 Å². The zero-order chi connectivity index (χ0) is 20.1. The summed E-state index contributed by atoms with van der Waals surface area (Å²) in [7, 11) is 3.00. The van der Waals surface area contributed by atoms with Crippen molar-refractivity contribution in [3.8, 4) is 22.9 Å². The molecule has 0 aliphatic carbocycles. The van der Waals surface area contributed by atoms with Gasteiger partial charge in [0.05, 0.1) is 20.3 Å². The minimum atomic E-state index is -0.378. The number of hydrogen-bond acceptors (Lipinski definition) is 6. The number of aromatic nitrogens is 3. The second-order valence-corrected chi connectivity index (χ2v) is 6.25. The smallest absolute Gasteiger partial charge is 0.163 e. The van der Waals surface area contributed by atoms with E-state index in [4.69, 9.17) is 9.47 Å². The molecule has 0 bridgehead atoms. The molecule has 0 radical (unpaired) electrons. The molecule has 3 aromatic rings. The summed E-state index contributed by atoms with van der Waals surface area (Å²) in [5, 5.41) is 3.27. The molecule has 7 heteroatoms. The van der Waals surface area contributed by atoms with Crippen LogP contribution in [0.4, 0.5) is 10.2 Å². The fourth-order valence-corrected chi connectivity index (χ4v) is 2.88. The number of nitrogens with zero attached hydrogens (tertiary/aromatic N) is 3. The fraction of sp³-hybridized carbons (Fsp3) is 0.286. The van der Waals surface area contributed by atoms with Crippen LogP contribution in [0.3, 0.4) is 0 Å². The molecule has 1 atom stereocenters. The Balaban J connectivity index is 1.93. The molecule has 0 aliphatic rings. The zero-order valence-electron chi connectivity index (χ0n) is 16.4.